The Kier molecular flexibility index (Phi) is 5.04. The minimum Gasteiger partial charge on any atom is -0.508 e. The first-order valence-corrected chi connectivity index (χ1v) is 8.56. The molecule has 0 saturated carbocycles. The molecule has 0 aliphatic carbocycles. The molecule has 7 heteroatoms. The van der Waals surface area contributed by atoms with Crippen molar-refractivity contribution in [3.05, 3.63) is 59.7 Å². The molecule has 0 aromatic heterocycles. The molecule has 2 aromatic carbocycles. The number of nitrogens with one attached hydrogen (secondary N) is 2. The number of carbonyl (C=O) groups is 3. The Hall–Kier alpha value is -2.80. The van der Waals surface area contributed by atoms with Crippen LogP contribution >= 0.6 is 11.8 Å². The van der Waals surface area contributed by atoms with E-state index >= 15 is 0 Å². The van der Waals surface area contributed by atoms with E-state index in [1.54, 1.807) is 36.4 Å². The fourth-order valence-electron chi connectivity index (χ4n) is 2.50. The third kappa shape index (κ3) is 4.39. The molecule has 1 atom stereocenters. The average Bonchev–Trinajstić information content (AvgIpc) is 2.89. The predicted molar refractivity (Wildman–Crippen MR) is 95.5 cm³/mol. The van der Waals surface area contributed by atoms with Crippen LogP contribution in [-0.4, -0.2) is 27.4 Å². The number of anilines is 1. The number of phenolic OH excluding ortho intramolecular Hbond substituents is 1. The fourth-order valence-corrected chi connectivity index (χ4v) is 3.36. The number of aromatic hydroxyl groups is 1. The molecule has 2 aromatic rings. The Morgan fingerprint density at radius 1 is 1.12 bits per heavy atom. The Bertz CT molecular complexity index is 820. The molecule has 25 heavy (non-hydrogen) atoms. The van der Waals surface area contributed by atoms with Gasteiger partial charge in [0, 0.05) is 11.3 Å². The van der Waals surface area contributed by atoms with Crippen LogP contribution < -0.4 is 10.6 Å². The van der Waals surface area contributed by atoms with E-state index in [0.29, 0.717) is 17.7 Å². The number of amides is 3. The van der Waals surface area contributed by atoms with Crippen LogP contribution in [0.25, 0.3) is 0 Å². The minimum absolute atomic E-state index is 0.0788. The topological polar surface area (TPSA) is 95.5 Å². The molecule has 1 unspecified atom stereocenters. The van der Waals surface area contributed by atoms with Crippen molar-refractivity contribution in [2.45, 2.75) is 18.1 Å². The minimum atomic E-state index is -0.408. The second-order valence-corrected chi connectivity index (χ2v) is 6.81. The molecule has 1 saturated heterocycles. The number of phenols is 1. The SMILES string of the molecule is O=C(Cc1ccccc1O)Nc1ccc(CC2SC(=O)NC2=O)cc1. The lowest BCUT2D eigenvalue weighted by Crippen LogP contribution is -2.25. The van der Waals surface area contributed by atoms with Crippen molar-refractivity contribution < 1.29 is 19.5 Å². The summed E-state index contributed by atoms with van der Waals surface area (Å²) in [6.07, 6.45) is 0.532. The van der Waals surface area contributed by atoms with Gasteiger partial charge in [-0.3, -0.25) is 19.7 Å². The van der Waals surface area contributed by atoms with Crippen LogP contribution in [0.15, 0.2) is 48.5 Å². The van der Waals surface area contributed by atoms with Gasteiger partial charge in [0.1, 0.15) is 5.75 Å². The number of hydrogen-bond donors (Lipinski definition) is 3. The Morgan fingerprint density at radius 2 is 1.84 bits per heavy atom. The molecular weight excluding hydrogens is 340 g/mol. The molecular formula is C18H16N2O4S. The highest BCUT2D eigenvalue weighted by molar-refractivity contribution is 8.15. The highest BCUT2D eigenvalue weighted by atomic mass is 32.2. The van der Waals surface area contributed by atoms with E-state index < -0.39 is 5.25 Å². The molecule has 3 N–H and O–H groups in total. The van der Waals surface area contributed by atoms with Crippen molar-refractivity contribution in [1.82, 2.24) is 5.32 Å². The Labute approximate surface area is 148 Å². The number of thioether (sulfide) groups is 1. The standard InChI is InChI=1S/C18H16N2O4S/c21-14-4-2-1-3-12(14)10-16(22)19-13-7-5-11(6-8-13)9-15-17(23)20-18(24)25-15/h1-8,15,21H,9-10H2,(H,19,22)(H,20,23,24). The van der Waals surface area contributed by atoms with E-state index in [1.807, 2.05) is 12.1 Å². The first-order chi connectivity index (χ1) is 12.0. The first kappa shape index (κ1) is 17.0. The Morgan fingerprint density at radius 3 is 2.48 bits per heavy atom. The van der Waals surface area contributed by atoms with Gasteiger partial charge in [0.05, 0.1) is 11.7 Å². The lowest BCUT2D eigenvalue weighted by Gasteiger charge is -2.09. The van der Waals surface area contributed by atoms with Gasteiger partial charge in [-0.15, -0.1) is 0 Å². The lowest BCUT2D eigenvalue weighted by atomic mass is 10.1. The zero-order valence-corrected chi connectivity index (χ0v) is 14.0. The summed E-state index contributed by atoms with van der Waals surface area (Å²) in [6, 6.07) is 13.8. The van der Waals surface area contributed by atoms with Crippen molar-refractivity contribution in [2.24, 2.45) is 0 Å². The van der Waals surface area contributed by atoms with Crippen LogP contribution in [0.2, 0.25) is 0 Å². The maximum atomic E-state index is 12.1. The van der Waals surface area contributed by atoms with Gasteiger partial charge in [0.25, 0.3) is 5.24 Å². The summed E-state index contributed by atoms with van der Waals surface area (Å²) >= 11 is 0.993. The summed E-state index contributed by atoms with van der Waals surface area (Å²) in [4.78, 5) is 34.8. The highest BCUT2D eigenvalue weighted by Gasteiger charge is 2.31. The van der Waals surface area contributed by atoms with E-state index in [4.69, 9.17) is 0 Å². The third-order valence-electron chi connectivity index (χ3n) is 3.77. The molecule has 0 radical (unpaired) electrons. The van der Waals surface area contributed by atoms with Crippen LogP contribution in [0.5, 0.6) is 5.75 Å². The van der Waals surface area contributed by atoms with Gasteiger partial charge in [0.15, 0.2) is 0 Å². The van der Waals surface area contributed by atoms with Gasteiger partial charge in [-0.25, -0.2) is 0 Å². The van der Waals surface area contributed by atoms with Gasteiger partial charge >= 0.3 is 0 Å². The largest absolute Gasteiger partial charge is 0.508 e. The van der Waals surface area contributed by atoms with Crippen LogP contribution in [0.3, 0.4) is 0 Å². The van der Waals surface area contributed by atoms with Crippen molar-refractivity contribution >= 4 is 34.5 Å². The summed E-state index contributed by atoms with van der Waals surface area (Å²) in [5.41, 5.74) is 2.09. The van der Waals surface area contributed by atoms with E-state index in [-0.39, 0.29) is 29.2 Å². The smallest absolute Gasteiger partial charge is 0.286 e. The average molecular weight is 356 g/mol. The second kappa shape index (κ2) is 7.40. The van der Waals surface area contributed by atoms with Crippen molar-refractivity contribution in [3.63, 3.8) is 0 Å². The number of carbonyl (C=O) groups excluding carboxylic acids is 3. The number of imide groups is 1. The summed E-state index contributed by atoms with van der Waals surface area (Å²) in [6.45, 7) is 0. The van der Waals surface area contributed by atoms with Gasteiger partial charge < -0.3 is 10.4 Å². The normalized spacial score (nSPS) is 16.6. The van der Waals surface area contributed by atoms with Gasteiger partial charge in [0.2, 0.25) is 11.8 Å². The molecule has 1 heterocycles. The monoisotopic (exact) mass is 356 g/mol. The van der Waals surface area contributed by atoms with E-state index in [0.717, 1.165) is 17.3 Å². The number of rotatable bonds is 5. The maximum absolute atomic E-state index is 12.1. The number of para-hydroxylation sites is 1. The fraction of sp³-hybridized carbons (Fsp3) is 0.167. The molecule has 128 valence electrons. The van der Waals surface area contributed by atoms with Crippen LogP contribution in [0.4, 0.5) is 10.5 Å². The molecule has 1 aliphatic heterocycles. The van der Waals surface area contributed by atoms with Gasteiger partial charge in [-0.2, -0.15) is 0 Å². The zero-order chi connectivity index (χ0) is 17.8. The van der Waals surface area contributed by atoms with E-state index in [1.165, 1.54) is 0 Å². The van der Waals surface area contributed by atoms with Crippen LogP contribution in [0.1, 0.15) is 11.1 Å². The maximum Gasteiger partial charge on any atom is 0.286 e. The summed E-state index contributed by atoms with van der Waals surface area (Å²) < 4.78 is 0. The number of hydrogen-bond acceptors (Lipinski definition) is 5. The van der Waals surface area contributed by atoms with Gasteiger partial charge in [-0.05, 0) is 30.2 Å². The molecule has 1 aliphatic rings. The third-order valence-corrected chi connectivity index (χ3v) is 4.75. The predicted octanol–water partition coefficient (Wildman–Crippen LogP) is 2.47. The summed E-state index contributed by atoms with van der Waals surface area (Å²) in [5.74, 6) is -0.407. The number of benzene rings is 2. The van der Waals surface area contributed by atoms with Gasteiger partial charge in [-0.1, -0.05) is 42.1 Å². The molecule has 0 bridgehead atoms. The molecule has 3 rings (SSSR count). The van der Waals surface area contributed by atoms with E-state index in [2.05, 4.69) is 10.6 Å². The quantitative estimate of drug-likeness (QED) is 0.765. The van der Waals surface area contributed by atoms with Crippen molar-refractivity contribution in [1.29, 1.82) is 0 Å². The molecule has 0 spiro atoms. The highest BCUT2D eigenvalue weighted by Crippen LogP contribution is 2.23. The zero-order valence-electron chi connectivity index (χ0n) is 13.2. The summed E-state index contributed by atoms with van der Waals surface area (Å²) in [5, 5.41) is 14.0. The van der Waals surface area contributed by atoms with Crippen LogP contribution in [0, 0.1) is 0 Å². The second-order valence-electron chi connectivity index (χ2n) is 5.64. The summed E-state index contributed by atoms with van der Waals surface area (Å²) in [7, 11) is 0. The van der Waals surface area contributed by atoms with Crippen LogP contribution in [-0.2, 0) is 22.4 Å². The molecule has 1 fully saturated rings. The lowest BCUT2D eigenvalue weighted by molar-refractivity contribution is -0.119. The van der Waals surface area contributed by atoms with Crippen molar-refractivity contribution in [2.75, 3.05) is 5.32 Å². The molecule has 6 nitrogen and oxygen atoms in total. The molecule has 3 amide bonds. The Balaban J connectivity index is 1.57. The van der Waals surface area contributed by atoms with E-state index in [9.17, 15) is 19.5 Å². The first-order valence-electron chi connectivity index (χ1n) is 7.68. The van der Waals surface area contributed by atoms with Crippen molar-refractivity contribution in [3.8, 4) is 5.75 Å².